The number of esters is 1. The van der Waals surface area contributed by atoms with Crippen LogP contribution in [0.15, 0.2) is 53.6 Å². The lowest BCUT2D eigenvalue weighted by Crippen LogP contribution is -2.24. The number of benzene rings is 2. The fraction of sp³-hybridized carbons (Fsp3) is 0.273. The second-order valence-electron chi connectivity index (χ2n) is 7.18. The average molecular weight is 482 g/mol. The van der Waals surface area contributed by atoms with Crippen LogP contribution in [-0.4, -0.2) is 30.6 Å². The number of carbonyl (C=O) groups is 3. The van der Waals surface area contributed by atoms with Crippen LogP contribution in [0.5, 0.6) is 0 Å². The molecule has 33 heavy (non-hydrogen) atoms. The number of rotatable bonds is 7. The normalized spacial score (nSPS) is 19.7. The Labute approximate surface area is 191 Å². The first-order chi connectivity index (χ1) is 15.6. The van der Waals surface area contributed by atoms with Gasteiger partial charge in [-0.15, -0.1) is 0 Å². The van der Waals surface area contributed by atoms with Crippen molar-refractivity contribution >= 4 is 41.3 Å². The zero-order valence-corrected chi connectivity index (χ0v) is 18.0. The summed E-state index contributed by atoms with van der Waals surface area (Å²) < 4.78 is 43.7. The standard InChI is InChI=1S/C22H19ClF3N3O4/c1-2-33-21(32)18-16(19(30)28-15-5-3-4-13(10-15)22(24,25)26)17(18)20(31)29-27-11-12-6-8-14(23)9-7-12/h3-11,16-18H,2H2,1H3,(H,28,30)(H,29,31)/b27-11-/t16-,17+,18+/m0/s1. The van der Waals surface area contributed by atoms with Crippen molar-refractivity contribution in [2.45, 2.75) is 13.1 Å². The first kappa shape index (κ1) is 24.2. The van der Waals surface area contributed by atoms with Gasteiger partial charge < -0.3 is 10.1 Å². The maximum atomic E-state index is 12.9. The average Bonchev–Trinajstić information content (AvgIpc) is 3.51. The monoisotopic (exact) mass is 481 g/mol. The molecule has 1 fully saturated rings. The van der Waals surface area contributed by atoms with Gasteiger partial charge in [0.25, 0.3) is 0 Å². The van der Waals surface area contributed by atoms with Crippen LogP contribution < -0.4 is 10.7 Å². The smallest absolute Gasteiger partial charge is 0.416 e. The van der Waals surface area contributed by atoms with E-state index >= 15 is 0 Å². The predicted octanol–water partition coefficient (Wildman–Crippen LogP) is 3.87. The van der Waals surface area contributed by atoms with Crippen LogP contribution in [0.3, 0.4) is 0 Å². The summed E-state index contributed by atoms with van der Waals surface area (Å²) in [6.07, 6.45) is -3.23. The zero-order chi connectivity index (χ0) is 24.2. The molecule has 3 rings (SSSR count). The molecule has 0 saturated heterocycles. The summed E-state index contributed by atoms with van der Waals surface area (Å²) in [5.41, 5.74) is 1.87. The van der Waals surface area contributed by atoms with Crippen molar-refractivity contribution in [2.75, 3.05) is 11.9 Å². The van der Waals surface area contributed by atoms with E-state index in [0.717, 1.165) is 18.2 Å². The molecule has 174 valence electrons. The Balaban J connectivity index is 1.69. The molecule has 1 aliphatic rings. The van der Waals surface area contributed by atoms with Crippen LogP contribution in [0.1, 0.15) is 18.1 Å². The molecule has 3 atom stereocenters. The van der Waals surface area contributed by atoms with Crippen molar-refractivity contribution in [3.63, 3.8) is 0 Å². The molecule has 1 saturated carbocycles. The largest absolute Gasteiger partial charge is 0.466 e. The topological polar surface area (TPSA) is 96.9 Å². The molecule has 11 heteroatoms. The van der Waals surface area contributed by atoms with Crippen LogP contribution in [0.2, 0.25) is 5.02 Å². The number of carbonyl (C=O) groups excluding carboxylic acids is 3. The van der Waals surface area contributed by atoms with Crippen molar-refractivity contribution in [1.29, 1.82) is 0 Å². The van der Waals surface area contributed by atoms with E-state index in [2.05, 4.69) is 15.8 Å². The molecule has 0 unspecified atom stereocenters. The van der Waals surface area contributed by atoms with Gasteiger partial charge in [-0.05, 0) is 42.8 Å². The summed E-state index contributed by atoms with van der Waals surface area (Å²) >= 11 is 5.80. The molecule has 0 aliphatic heterocycles. The minimum atomic E-state index is -4.59. The predicted molar refractivity (Wildman–Crippen MR) is 114 cm³/mol. The zero-order valence-electron chi connectivity index (χ0n) is 17.2. The quantitative estimate of drug-likeness (QED) is 0.356. The third-order valence-corrected chi connectivity index (χ3v) is 5.15. The Morgan fingerprint density at radius 1 is 1.06 bits per heavy atom. The lowest BCUT2D eigenvalue weighted by molar-refractivity contribution is -0.146. The molecule has 0 spiro atoms. The molecule has 2 amide bonds. The maximum absolute atomic E-state index is 12.9. The SMILES string of the molecule is CCOC(=O)[C@H]1[C@H](C(=O)N/N=C\c2ccc(Cl)cc2)[C@@H]1C(=O)Nc1cccc(C(F)(F)F)c1. The first-order valence-corrected chi connectivity index (χ1v) is 10.2. The van der Waals surface area contributed by atoms with E-state index in [4.69, 9.17) is 16.3 Å². The number of amides is 2. The van der Waals surface area contributed by atoms with Crippen molar-refractivity contribution in [3.8, 4) is 0 Å². The number of ether oxygens (including phenoxy) is 1. The van der Waals surface area contributed by atoms with Gasteiger partial charge in [-0.1, -0.05) is 29.8 Å². The minimum Gasteiger partial charge on any atom is -0.466 e. The second kappa shape index (κ2) is 10.0. The van der Waals surface area contributed by atoms with E-state index < -0.39 is 47.3 Å². The van der Waals surface area contributed by atoms with Gasteiger partial charge >= 0.3 is 12.1 Å². The summed E-state index contributed by atoms with van der Waals surface area (Å²) in [7, 11) is 0. The van der Waals surface area contributed by atoms with E-state index in [9.17, 15) is 27.6 Å². The van der Waals surface area contributed by atoms with Crippen LogP contribution in [0.25, 0.3) is 0 Å². The summed E-state index contributed by atoms with van der Waals surface area (Å²) in [5.74, 6) is -5.46. The molecule has 1 aliphatic carbocycles. The highest BCUT2D eigenvalue weighted by atomic mass is 35.5. The number of nitrogens with one attached hydrogen (secondary N) is 2. The van der Waals surface area contributed by atoms with Crippen molar-refractivity contribution in [1.82, 2.24) is 5.43 Å². The lowest BCUT2D eigenvalue weighted by Gasteiger charge is -2.10. The fourth-order valence-corrected chi connectivity index (χ4v) is 3.41. The molecule has 0 bridgehead atoms. The van der Waals surface area contributed by atoms with Gasteiger partial charge in [0.05, 0.1) is 36.1 Å². The number of anilines is 1. The van der Waals surface area contributed by atoms with E-state index in [-0.39, 0.29) is 12.3 Å². The highest BCUT2D eigenvalue weighted by molar-refractivity contribution is 6.30. The van der Waals surface area contributed by atoms with Gasteiger partial charge in [0.2, 0.25) is 11.8 Å². The molecule has 2 aromatic rings. The molecular weight excluding hydrogens is 463 g/mol. The van der Waals surface area contributed by atoms with Gasteiger partial charge in [0, 0.05) is 10.7 Å². The van der Waals surface area contributed by atoms with Crippen molar-refractivity contribution in [2.24, 2.45) is 22.9 Å². The summed E-state index contributed by atoms with van der Waals surface area (Å²) in [4.78, 5) is 37.4. The highest BCUT2D eigenvalue weighted by Crippen LogP contribution is 2.48. The molecule has 7 nitrogen and oxygen atoms in total. The van der Waals surface area contributed by atoms with Gasteiger partial charge in [-0.3, -0.25) is 14.4 Å². The Kier molecular flexibility index (Phi) is 7.37. The Morgan fingerprint density at radius 2 is 1.73 bits per heavy atom. The van der Waals surface area contributed by atoms with Crippen molar-refractivity contribution in [3.05, 3.63) is 64.7 Å². The highest BCUT2D eigenvalue weighted by Gasteiger charge is 2.63. The van der Waals surface area contributed by atoms with E-state index in [0.29, 0.717) is 10.6 Å². The van der Waals surface area contributed by atoms with Crippen LogP contribution in [0, 0.1) is 17.8 Å². The van der Waals surface area contributed by atoms with E-state index in [1.165, 1.54) is 12.3 Å². The van der Waals surface area contributed by atoms with Crippen LogP contribution >= 0.6 is 11.6 Å². The molecule has 0 heterocycles. The van der Waals surface area contributed by atoms with Crippen LogP contribution in [0.4, 0.5) is 18.9 Å². The summed E-state index contributed by atoms with van der Waals surface area (Å²) in [6, 6.07) is 10.7. The van der Waals surface area contributed by atoms with Crippen LogP contribution in [-0.2, 0) is 25.3 Å². The third-order valence-electron chi connectivity index (χ3n) is 4.90. The molecule has 2 aromatic carbocycles. The van der Waals surface area contributed by atoms with Crippen molar-refractivity contribution < 1.29 is 32.3 Å². The number of nitrogens with zero attached hydrogens (tertiary/aromatic N) is 1. The maximum Gasteiger partial charge on any atom is 0.416 e. The third kappa shape index (κ3) is 6.10. The second-order valence-corrected chi connectivity index (χ2v) is 7.62. The Hall–Kier alpha value is -3.40. The van der Waals surface area contributed by atoms with E-state index in [1.807, 2.05) is 0 Å². The van der Waals surface area contributed by atoms with Gasteiger partial charge in [0.15, 0.2) is 0 Å². The lowest BCUT2D eigenvalue weighted by atomic mass is 10.2. The Morgan fingerprint density at radius 3 is 2.36 bits per heavy atom. The van der Waals surface area contributed by atoms with Gasteiger partial charge in [-0.25, -0.2) is 5.43 Å². The number of hydrogen-bond donors (Lipinski definition) is 2. The molecule has 0 aromatic heterocycles. The minimum absolute atomic E-state index is 0.0420. The van der Waals surface area contributed by atoms with Gasteiger partial charge in [0.1, 0.15) is 0 Å². The summed E-state index contributed by atoms with van der Waals surface area (Å²) in [5, 5.41) is 6.68. The molecule has 2 N–H and O–H groups in total. The fourth-order valence-electron chi connectivity index (χ4n) is 3.29. The number of hydrogen-bond acceptors (Lipinski definition) is 5. The number of alkyl halides is 3. The van der Waals surface area contributed by atoms with E-state index in [1.54, 1.807) is 31.2 Å². The Bertz CT molecular complexity index is 1070. The van der Waals surface area contributed by atoms with Gasteiger partial charge in [-0.2, -0.15) is 18.3 Å². The first-order valence-electron chi connectivity index (χ1n) is 9.85. The molecular formula is C22H19ClF3N3O4. The summed E-state index contributed by atoms with van der Waals surface area (Å²) in [6.45, 7) is 1.61. The number of hydrazone groups is 1. The number of halogens is 4. The molecule has 0 radical (unpaired) electrons.